The van der Waals surface area contributed by atoms with Gasteiger partial charge in [-0.25, -0.2) is 0 Å². The monoisotopic (exact) mass is 302 g/mol. The van der Waals surface area contributed by atoms with Crippen LogP contribution in [0.2, 0.25) is 0 Å². The summed E-state index contributed by atoms with van der Waals surface area (Å²) in [6, 6.07) is 13.2. The molecule has 2 rings (SSSR count). The smallest absolute Gasteiger partial charge is 0.171 e. The molecule has 2 aromatic rings. The topological polar surface area (TPSA) is 58.7 Å². The Morgan fingerprint density at radius 2 is 1.90 bits per heavy atom. The van der Waals surface area contributed by atoms with Crippen LogP contribution < -0.4 is 15.4 Å². The summed E-state index contributed by atoms with van der Waals surface area (Å²) in [5.74, 6) is 0.540. The number of nitrogens with two attached hydrogens (primary N) is 1. The number of benzene rings is 2. The number of aromatic hydroxyl groups is 1. The normalized spacial score (nSPS) is 10.2. The number of anilines is 1. The molecule has 0 spiro atoms. The number of aryl methyl sites for hydroxylation is 1. The zero-order valence-electron chi connectivity index (χ0n) is 12.0. The van der Waals surface area contributed by atoms with Crippen LogP contribution in [0.25, 0.3) is 0 Å². The summed E-state index contributed by atoms with van der Waals surface area (Å²) in [4.78, 5) is 1.83. The summed E-state index contributed by atoms with van der Waals surface area (Å²) >= 11 is 5.14. The van der Waals surface area contributed by atoms with E-state index < -0.39 is 0 Å². The number of phenols is 1. The van der Waals surface area contributed by atoms with Gasteiger partial charge in [-0.1, -0.05) is 23.8 Å². The Hall–Kier alpha value is -2.27. The number of nitrogens with zero attached hydrogens (tertiary/aromatic N) is 1. The fourth-order valence-electron chi connectivity index (χ4n) is 2.02. The Balaban J connectivity index is 2.28. The minimum atomic E-state index is 0.110. The van der Waals surface area contributed by atoms with E-state index in [0.717, 1.165) is 11.3 Å². The highest BCUT2D eigenvalue weighted by Crippen LogP contribution is 2.27. The minimum absolute atomic E-state index is 0.110. The van der Waals surface area contributed by atoms with Crippen LogP contribution in [0.3, 0.4) is 0 Å². The van der Waals surface area contributed by atoms with Crippen molar-refractivity contribution in [3.8, 4) is 11.5 Å². The first-order chi connectivity index (χ1) is 10.0. The van der Waals surface area contributed by atoms with E-state index in [1.54, 1.807) is 12.1 Å². The molecule has 4 nitrogen and oxygen atoms in total. The van der Waals surface area contributed by atoms with Crippen molar-refractivity contribution in [1.82, 2.24) is 0 Å². The molecule has 21 heavy (non-hydrogen) atoms. The predicted octanol–water partition coefficient (Wildman–Crippen LogP) is 2.96. The summed E-state index contributed by atoms with van der Waals surface area (Å²) < 4.78 is 5.12. The van der Waals surface area contributed by atoms with Crippen LogP contribution in [0.5, 0.6) is 11.5 Å². The van der Waals surface area contributed by atoms with Gasteiger partial charge in [-0.15, -0.1) is 0 Å². The third-order valence-electron chi connectivity index (χ3n) is 3.20. The third-order valence-corrected chi connectivity index (χ3v) is 3.42. The maximum absolute atomic E-state index is 9.64. The van der Waals surface area contributed by atoms with Gasteiger partial charge in [-0.3, -0.25) is 0 Å². The van der Waals surface area contributed by atoms with Crippen molar-refractivity contribution in [3.05, 3.63) is 53.6 Å². The average Bonchev–Trinajstić information content (AvgIpc) is 2.47. The maximum atomic E-state index is 9.64. The van der Waals surface area contributed by atoms with Crippen molar-refractivity contribution in [3.63, 3.8) is 0 Å². The van der Waals surface area contributed by atoms with Gasteiger partial charge in [0.25, 0.3) is 0 Å². The van der Waals surface area contributed by atoms with Crippen LogP contribution in [0.15, 0.2) is 42.5 Å². The predicted molar refractivity (Wildman–Crippen MR) is 88.8 cm³/mol. The molecule has 0 saturated heterocycles. The molecule has 110 valence electrons. The van der Waals surface area contributed by atoms with Gasteiger partial charge in [0.15, 0.2) is 16.6 Å². The summed E-state index contributed by atoms with van der Waals surface area (Å²) in [5, 5.41) is 9.93. The lowest BCUT2D eigenvalue weighted by Crippen LogP contribution is -2.34. The maximum Gasteiger partial charge on any atom is 0.171 e. The van der Waals surface area contributed by atoms with E-state index in [0.29, 0.717) is 17.4 Å². The molecule has 0 amide bonds. The molecule has 3 N–H and O–H groups in total. The Kier molecular flexibility index (Phi) is 4.65. The molecule has 0 aliphatic rings. The Morgan fingerprint density at radius 3 is 2.48 bits per heavy atom. The number of hydrogen-bond acceptors (Lipinski definition) is 3. The Labute approximate surface area is 129 Å². The van der Waals surface area contributed by atoms with Crippen molar-refractivity contribution >= 4 is 23.0 Å². The molecular weight excluding hydrogens is 284 g/mol. The SMILES string of the molecule is COc1cc(CN(C(N)=S)c2ccc(C)cc2)ccc1O. The summed E-state index contributed by atoms with van der Waals surface area (Å²) in [6.07, 6.45) is 0. The number of rotatable bonds is 4. The lowest BCUT2D eigenvalue weighted by Gasteiger charge is -2.23. The first-order valence-electron chi connectivity index (χ1n) is 6.51. The zero-order chi connectivity index (χ0) is 15.4. The van der Waals surface area contributed by atoms with Gasteiger partial charge in [0.05, 0.1) is 13.7 Å². The van der Waals surface area contributed by atoms with E-state index in [1.165, 1.54) is 12.7 Å². The first kappa shape index (κ1) is 15.1. The molecule has 2 aromatic carbocycles. The summed E-state index contributed by atoms with van der Waals surface area (Å²) in [7, 11) is 1.52. The molecule has 0 aliphatic heterocycles. The van der Waals surface area contributed by atoms with Crippen LogP contribution in [0.4, 0.5) is 5.69 Å². The van der Waals surface area contributed by atoms with E-state index >= 15 is 0 Å². The van der Waals surface area contributed by atoms with Gasteiger partial charge in [-0.2, -0.15) is 0 Å². The van der Waals surface area contributed by atoms with Crippen molar-refractivity contribution in [2.45, 2.75) is 13.5 Å². The third kappa shape index (κ3) is 3.64. The number of phenolic OH excluding ortho intramolecular Hbond substituents is 1. The fourth-order valence-corrected chi connectivity index (χ4v) is 2.19. The fraction of sp³-hybridized carbons (Fsp3) is 0.188. The second-order valence-electron chi connectivity index (χ2n) is 4.77. The zero-order valence-corrected chi connectivity index (χ0v) is 12.9. The largest absolute Gasteiger partial charge is 0.504 e. The second-order valence-corrected chi connectivity index (χ2v) is 5.18. The van der Waals surface area contributed by atoms with E-state index in [9.17, 15) is 5.11 Å². The van der Waals surface area contributed by atoms with Crippen LogP contribution in [-0.4, -0.2) is 17.3 Å². The highest BCUT2D eigenvalue weighted by molar-refractivity contribution is 7.80. The quantitative estimate of drug-likeness (QED) is 0.850. The lowest BCUT2D eigenvalue weighted by molar-refractivity contribution is 0.373. The Morgan fingerprint density at radius 1 is 1.24 bits per heavy atom. The lowest BCUT2D eigenvalue weighted by atomic mass is 10.1. The van der Waals surface area contributed by atoms with Gasteiger partial charge in [0.1, 0.15) is 0 Å². The summed E-state index contributed by atoms with van der Waals surface area (Å²) in [5.41, 5.74) is 8.88. The molecule has 0 aliphatic carbocycles. The van der Waals surface area contributed by atoms with E-state index in [-0.39, 0.29) is 5.75 Å². The first-order valence-corrected chi connectivity index (χ1v) is 6.91. The Bertz CT molecular complexity index is 641. The van der Waals surface area contributed by atoms with Crippen LogP contribution in [0.1, 0.15) is 11.1 Å². The highest BCUT2D eigenvalue weighted by atomic mass is 32.1. The van der Waals surface area contributed by atoms with Gasteiger partial charge < -0.3 is 20.5 Å². The van der Waals surface area contributed by atoms with Crippen LogP contribution in [-0.2, 0) is 6.54 Å². The van der Waals surface area contributed by atoms with Crippen molar-refractivity contribution in [2.24, 2.45) is 5.73 Å². The van der Waals surface area contributed by atoms with Crippen molar-refractivity contribution in [2.75, 3.05) is 12.0 Å². The number of methoxy groups -OCH3 is 1. The molecule has 0 radical (unpaired) electrons. The molecule has 0 saturated carbocycles. The van der Waals surface area contributed by atoms with E-state index in [1.807, 2.05) is 42.2 Å². The number of thiocarbonyl (C=S) groups is 1. The molecular formula is C16H18N2O2S. The number of ether oxygens (including phenoxy) is 1. The highest BCUT2D eigenvalue weighted by Gasteiger charge is 2.11. The molecule has 0 bridgehead atoms. The standard InChI is InChI=1S/C16H18N2O2S/c1-11-3-6-13(7-4-11)18(16(17)21)10-12-5-8-14(19)15(9-12)20-2/h3-9,19H,10H2,1-2H3,(H2,17,21). The van der Waals surface area contributed by atoms with Gasteiger partial charge >= 0.3 is 0 Å². The van der Waals surface area contributed by atoms with Crippen LogP contribution in [0, 0.1) is 6.92 Å². The molecule has 0 fully saturated rings. The minimum Gasteiger partial charge on any atom is -0.504 e. The molecule has 0 heterocycles. The average molecular weight is 302 g/mol. The van der Waals surface area contributed by atoms with Crippen molar-refractivity contribution in [1.29, 1.82) is 0 Å². The molecule has 0 atom stereocenters. The van der Waals surface area contributed by atoms with Crippen molar-refractivity contribution < 1.29 is 9.84 Å². The van der Waals surface area contributed by atoms with E-state index in [4.69, 9.17) is 22.7 Å². The summed E-state index contributed by atoms with van der Waals surface area (Å²) in [6.45, 7) is 2.54. The van der Waals surface area contributed by atoms with Crippen LogP contribution >= 0.6 is 12.2 Å². The van der Waals surface area contributed by atoms with Gasteiger partial charge in [-0.05, 0) is 49.0 Å². The number of hydrogen-bond donors (Lipinski definition) is 2. The van der Waals surface area contributed by atoms with Gasteiger partial charge in [0, 0.05) is 5.69 Å². The van der Waals surface area contributed by atoms with E-state index in [2.05, 4.69) is 0 Å². The molecule has 0 aromatic heterocycles. The molecule has 5 heteroatoms. The second kappa shape index (κ2) is 6.45. The molecule has 0 unspecified atom stereocenters. The van der Waals surface area contributed by atoms with Gasteiger partial charge in [0.2, 0.25) is 0 Å².